The highest BCUT2D eigenvalue weighted by Crippen LogP contribution is 2.18. The third-order valence-corrected chi connectivity index (χ3v) is 3.48. The molecule has 0 aromatic heterocycles. The second-order valence-corrected chi connectivity index (χ2v) is 5.20. The van der Waals surface area contributed by atoms with Crippen LogP contribution in [-0.4, -0.2) is 29.9 Å². The zero-order valence-corrected chi connectivity index (χ0v) is 13.4. The highest BCUT2D eigenvalue weighted by molar-refractivity contribution is 7.80. The molecule has 0 saturated heterocycles. The Balaban J connectivity index is 1.94. The molecule has 0 aliphatic heterocycles. The third-order valence-electron chi connectivity index (χ3n) is 3.27. The Morgan fingerprint density at radius 2 is 1.59 bits per heavy atom. The van der Waals surface area contributed by atoms with Crippen molar-refractivity contribution in [2.45, 2.75) is 6.92 Å². The van der Waals surface area contributed by atoms with Crippen molar-refractivity contribution in [1.29, 1.82) is 0 Å². The average Bonchev–Trinajstić information content (AvgIpc) is 2.54. The largest absolute Gasteiger partial charge is 0.395 e. The van der Waals surface area contributed by atoms with Gasteiger partial charge in [-0.2, -0.15) is 0 Å². The number of para-hydroxylation sites is 1. The predicted molar refractivity (Wildman–Crippen MR) is 97.7 cm³/mol. The lowest BCUT2D eigenvalue weighted by molar-refractivity contribution is 0.302. The molecule has 0 spiro atoms. The molecule has 4 nitrogen and oxygen atoms in total. The Kier molecular flexibility index (Phi) is 6.18. The molecule has 5 heteroatoms. The summed E-state index contributed by atoms with van der Waals surface area (Å²) >= 11 is 5.30. The van der Waals surface area contributed by atoms with Crippen molar-refractivity contribution >= 4 is 34.4 Å². The summed E-state index contributed by atoms with van der Waals surface area (Å²) in [5.41, 5.74) is 2.97. The summed E-state index contributed by atoms with van der Waals surface area (Å²) < 4.78 is 0. The fourth-order valence-corrected chi connectivity index (χ4v) is 2.40. The molecule has 2 aromatic rings. The molecule has 2 rings (SSSR count). The minimum Gasteiger partial charge on any atom is -0.395 e. The lowest BCUT2D eigenvalue weighted by atomic mass is 10.2. The first kappa shape index (κ1) is 16.3. The van der Waals surface area contributed by atoms with E-state index in [0.717, 1.165) is 23.6 Å². The van der Waals surface area contributed by atoms with Crippen LogP contribution in [0, 0.1) is 0 Å². The van der Waals surface area contributed by atoms with Crippen LogP contribution >= 0.6 is 12.2 Å². The van der Waals surface area contributed by atoms with Gasteiger partial charge in [-0.1, -0.05) is 18.2 Å². The summed E-state index contributed by atoms with van der Waals surface area (Å²) in [5, 5.41) is 15.9. The summed E-state index contributed by atoms with van der Waals surface area (Å²) in [6.45, 7) is 3.72. The molecule has 22 heavy (non-hydrogen) atoms. The first-order chi connectivity index (χ1) is 10.7. The Morgan fingerprint density at radius 3 is 2.14 bits per heavy atom. The monoisotopic (exact) mass is 315 g/mol. The van der Waals surface area contributed by atoms with E-state index in [0.29, 0.717) is 11.7 Å². The molecule has 0 fully saturated rings. The molecule has 0 bridgehead atoms. The number of aliphatic hydroxyl groups excluding tert-OH is 1. The molecule has 0 aliphatic carbocycles. The summed E-state index contributed by atoms with van der Waals surface area (Å²) in [5.74, 6) is 0. The maximum atomic E-state index is 9.06. The number of hydrogen-bond donors (Lipinski definition) is 3. The molecule has 116 valence electrons. The fraction of sp³-hybridized carbons (Fsp3) is 0.235. The summed E-state index contributed by atoms with van der Waals surface area (Å²) in [4.78, 5) is 2.12. The molecular formula is C17H21N3OS. The molecule has 0 atom stereocenters. The van der Waals surface area contributed by atoms with E-state index in [9.17, 15) is 0 Å². The van der Waals surface area contributed by atoms with Crippen molar-refractivity contribution in [2.75, 3.05) is 35.2 Å². The minimum atomic E-state index is 0.152. The average molecular weight is 315 g/mol. The predicted octanol–water partition coefficient (Wildman–Crippen LogP) is 3.31. The molecular weight excluding hydrogens is 294 g/mol. The molecule has 0 radical (unpaired) electrons. The lowest BCUT2D eigenvalue weighted by Crippen LogP contribution is -2.26. The summed E-state index contributed by atoms with van der Waals surface area (Å²) in [7, 11) is 0. The maximum Gasteiger partial charge on any atom is 0.175 e. The first-order valence-corrected chi connectivity index (χ1v) is 7.72. The van der Waals surface area contributed by atoms with Gasteiger partial charge in [0.05, 0.1) is 6.61 Å². The molecule has 0 amide bonds. The van der Waals surface area contributed by atoms with Crippen LogP contribution in [0.5, 0.6) is 0 Å². The minimum absolute atomic E-state index is 0.152. The Hall–Kier alpha value is -2.11. The quantitative estimate of drug-likeness (QED) is 0.714. The van der Waals surface area contributed by atoms with Crippen molar-refractivity contribution in [3.8, 4) is 0 Å². The number of rotatable bonds is 6. The van der Waals surface area contributed by atoms with Gasteiger partial charge in [0.1, 0.15) is 0 Å². The van der Waals surface area contributed by atoms with Crippen LogP contribution in [0.15, 0.2) is 54.6 Å². The van der Waals surface area contributed by atoms with E-state index < -0.39 is 0 Å². The van der Waals surface area contributed by atoms with Crippen molar-refractivity contribution in [3.63, 3.8) is 0 Å². The number of aliphatic hydroxyl groups is 1. The topological polar surface area (TPSA) is 47.5 Å². The second-order valence-electron chi connectivity index (χ2n) is 4.80. The number of hydrogen-bond acceptors (Lipinski definition) is 3. The van der Waals surface area contributed by atoms with Gasteiger partial charge < -0.3 is 20.6 Å². The van der Waals surface area contributed by atoms with Crippen molar-refractivity contribution in [3.05, 3.63) is 54.6 Å². The molecule has 0 heterocycles. The van der Waals surface area contributed by atoms with E-state index in [4.69, 9.17) is 17.3 Å². The van der Waals surface area contributed by atoms with Crippen LogP contribution in [0.3, 0.4) is 0 Å². The van der Waals surface area contributed by atoms with Crippen LogP contribution in [0.4, 0.5) is 17.1 Å². The van der Waals surface area contributed by atoms with Crippen LogP contribution in [0.25, 0.3) is 0 Å². The normalized spacial score (nSPS) is 10.1. The van der Waals surface area contributed by atoms with Crippen LogP contribution < -0.4 is 15.5 Å². The van der Waals surface area contributed by atoms with Crippen LogP contribution in [0.1, 0.15) is 6.92 Å². The smallest absolute Gasteiger partial charge is 0.175 e. The highest BCUT2D eigenvalue weighted by atomic mass is 32.1. The first-order valence-electron chi connectivity index (χ1n) is 7.32. The van der Waals surface area contributed by atoms with E-state index in [1.54, 1.807) is 0 Å². The van der Waals surface area contributed by atoms with Crippen molar-refractivity contribution < 1.29 is 5.11 Å². The number of nitrogens with zero attached hydrogens (tertiary/aromatic N) is 1. The van der Waals surface area contributed by atoms with Gasteiger partial charge in [-0.25, -0.2) is 0 Å². The number of thiocarbonyl (C=S) groups is 1. The van der Waals surface area contributed by atoms with Gasteiger partial charge in [-0.05, 0) is 55.5 Å². The summed E-state index contributed by atoms with van der Waals surface area (Å²) in [6, 6.07) is 17.8. The third kappa shape index (κ3) is 4.72. The Labute approximate surface area is 136 Å². The zero-order chi connectivity index (χ0) is 15.8. The highest BCUT2D eigenvalue weighted by Gasteiger charge is 2.04. The van der Waals surface area contributed by atoms with Gasteiger partial charge in [-0.3, -0.25) is 0 Å². The van der Waals surface area contributed by atoms with Crippen molar-refractivity contribution in [2.24, 2.45) is 0 Å². The molecule has 2 aromatic carbocycles. The molecule has 3 N–H and O–H groups in total. The maximum absolute atomic E-state index is 9.06. The van der Waals surface area contributed by atoms with Gasteiger partial charge in [0, 0.05) is 30.2 Å². The number of nitrogens with one attached hydrogen (secondary N) is 2. The molecule has 0 unspecified atom stereocenters. The van der Waals surface area contributed by atoms with E-state index >= 15 is 0 Å². The molecule has 0 aliphatic rings. The second kappa shape index (κ2) is 8.36. The van der Waals surface area contributed by atoms with Gasteiger partial charge >= 0.3 is 0 Å². The standard InChI is InChI=1S/C17H21N3OS/c1-2-20(12-13-21)16-10-8-15(9-11-16)19-17(22)18-14-6-4-3-5-7-14/h3-11,21H,2,12-13H2,1H3,(H2,18,19,22). The lowest BCUT2D eigenvalue weighted by Gasteiger charge is -2.22. The van der Waals surface area contributed by atoms with E-state index in [2.05, 4.69) is 22.5 Å². The van der Waals surface area contributed by atoms with Crippen LogP contribution in [-0.2, 0) is 0 Å². The SMILES string of the molecule is CCN(CCO)c1ccc(NC(=S)Nc2ccccc2)cc1. The van der Waals surface area contributed by atoms with Crippen molar-refractivity contribution in [1.82, 2.24) is 0 Å². The Morgan fingerprint density at radius 1 is 1.00 bits per heavy atom. The van der Waals surface area contributed by atoms with Gasteiger partial charge in [-0.15, -0.1) is 0 Å². The Bertz CT molecular complexity index is 587. The fourth-order valence-electron chi connectivity index (χ4n) is 2.16. The van der Waals surface area contributed by atoms with E-state index in [-0.39, 0.29) is 6.61 Å². The zero-order valence-electron chi connectivity index (χ0n) is 12.6. The number of anilines is 3. The number of likely N-dealkylation sites (N-methyl/N-ethyl adjacent to an activating group) is 1. The number of benzene rings is 2. The van der Waals surface area contributed by atoms with E-state index in [1.807, 2.05) is 54.6 Å². The van der Waals surface area contributed by atoms with Gasteiger partial charge in [0.15, 0.2) is 5.11 Å². The van der Waals surface area contributed by atoms with Gasteiger partial charge in [0.2, 0.25) is 0 Å². The van der Waals surface area contributed by atoms with Gasteiger partial charge in [0.25, 0.3) is 0 Å². The summed E-state index contributed by atoms with van der Waals surface area (Å²) in [6.07, 6.45) is 0. The molecule has 0 saturated carbocycles. The van der Waals surface area contributed by atoms with Crippen LogP contribution in [0.2, 0.25) is 0 Å². The van der Waals surface area contributed by atoms with E-state index in [1.165, 1.54) is 0 Å².